The number of carbonyl (C=O) groups is 1. The van der Waals surface area contributed by atoms with Gasteiger partial charge >= 0.3 is 0 Å². The number of rotatable bonds is 2. The van der Waals surface area contributed by atoms with E-state index in [-0.39, 0.29) is 17.1 Å². The molecule has 20 heavy (non-hydrogen) atoms. The van der Waals surface area contributed by atoms with Crippen molar-refractivity contribution in [3.63, 3.8) is 0 Å². The first kappa shape index (κ1) is 13.7. The number of ketones is 1. The minimum absolute atomic E-state index is 0.0433. The van der Waals surface area contributed by atoms with E-state index < -0.39 is 15.5 Å². The highest BCUT2D eigenvalue weighted by molar-refractivity contribution is 7.87. The zero-order chi connectivity index (χ0) is 14.5. The first-order chi connectivity index (χ1) is 9.43. The van der Waals surface area contributed by atoms with Crippen molar-refractivity contribution in [1.29, 1.82) is 0 Å². The van der Waals surface area contributed by atoms with E-state index in [9.17, 15) is 9.00 Å². The van der Waals surface area contributed by atoms with Gasteiger partial charge in [0.05, 0.1) is 10.8 Å². The van der Waals surface area contributed by atoms with Gasteiger partial charge in [-0.25, -0.2) is 0 Å². The van der Waals surface area contributed by atoms with E-state index in [0.29, 0.717) is 12.8 Å². The lowest BCUT2D eigenvalue weighted by Crippen LogP contribution is -2.51. The van der Waals surface area contributed by atoms with Crippen LogP contribution in [0.3, 0.4) is 0 Å². The molecule has 2 nitrogen and oxygen atoms in total. The van der Waals surface area contributed by atoms with Crippen molar-refractivity contribution in [1.82, 2.24) is 0 Å². The van der Waals surface area contributed by atoms with Crippen molar-refractivity contribution in [2.45, 2.75) is 42.8 Å². The fourth-order valence-electron chi connectivity index (χ4n) is 3.89. The molecule has 0 N–H and O–H groups in total. The van der Waals surface area contributed by atoms with Crippen LogP contribution in [0.4, 0.5) is 0 Å². The van der Waals surface area contributed by atoms with Gasteiger partial charge in [-0.2, -0.15) is 0 Å². The summed E-state index contributed by atoms with van der Waals surface area (Å²) in [6, 6.07) is 9.38. The molecule has 0 saturated heterocycles. The molecular weight excluding hydrogens is 268 g/mol. The zero-order valence-electron chi connectivity index (χ0n) is 12.0. The average Bonchev–Trinajstić information content (AvgIpc) is 2.60. The first-order valence-electron chi connectivity index (χ1n) is 7.11. The van der Waals surface area contributed by atoms with Crippen LogP contribution in [0, 0.1) is 11.3 Å². The van der Waals surface area contributed by atoms with Crippen LogP contribution >= 0.6 is 0 Å². The van der Waals surface area contributed by atoms with Crippen LogP contribution in [-0.4, -0.2) is 14.7 Å². The zero-order valence-corrected chi connectivity index (χ0v) is 12.8. The van der Waals surface area contributed by atoms with Gasteiger partial charge in [-0.3, -0.25) is 9.00 Å². The lowest BCUT2D eigenvalue weighted by molar-refractivity contribution is -0.125. The summed E-state index contributed by atoms with van der Waals surface area (Å²) in [7, 11) is -1.30. The standard InChI is InChI=1S/C17H20O2S/c1-12-11-17(20(19)14-7-5-4-6-8-14)13(2)16(12,3)10-9-15(17)18/h4-8,13H,1,9-11H2,2-3H3/t13-,16+,17+,20?/m0/s1. The Balaban J connectivity index is 2.13. The SMILES string of the molecule is C=C1C[C@]2(S(=O)c3ccccc3)C(=O)CC[C@@]1(C)[C@@H]2C. The van der Waals surface area contributed by atoms with Gasteiger partial charge in [-0.15, -0.1) is 0 Å². The molecular formula is C17H20O2S. The number of hydrogen-bond donors (Lipinski definition) is 0. The van der Waals surface area contributed by atoms with Crippen molar-refractivity contribution in [3.05, 3.63) is 42.5 Å². The predicted octanol–water partition coefficient (Wildman–Crippen LogP) is 3.50. The van der Waals surface area contributed by atoms with Crippen LogP contribution in [-0.2, 0) is 15.6 Å². The molecule has 2 saturated carbocycles. The highest BCUT2D eigenvalue weighted by Gasteiger charge is 2.64. The minimum Gasteiger partial charge on any atom is -0.298 e. The molecule has 1 aromatic carbocycles. The molecule has 3 rings (SSSR count). The van der Waals surface area contributed by atoms with Crippen molar-refractivity contribution in [2.24, 2.45) is 11.3 Å². The predicted molar refractivity (Wildman–Crippen MR) is 80.9 cm³/mol. The Morgan fingerprint density at radius 3 is 2.60 bits per heavy atom. The summed E-state index contributed by atoms with van der Waals surface area (Å²) in [5.41, 5.74) is 1.05. The van der Waals surface area contributed by atoms with Crippen molar-refractivity contribution >= 4 is 16.6 Å². The molecule has 4 atom stereocenters. The second kappa shape index (κ2) is 4.39. The Kier molecular flexibility index (Phi) is 3.02. The maximum absolute atomic E-state index is 13.1. The summed E-state index contributed by atoms with van der Waals surface area (Å²) in [6.45, 7) is 8.44. The molecule has 2 aliphatic carbocycles. The fraction of sp³-hybridized carbons (Fsp3) is 0.471. The number of benzene rings is 1. The summed E-state index contributed by atoms with van der Waals surface area (Å²) in [5, 5.41) is 0. The number of carbonyl (C=O) groups excluding carboxylic acids is 1. The molecule has 0 aliphatic heterocycles. The molecule has 0 amide bonds. The Hall–Kier alpha value is -1.22. The Morgan fingerprint density at radius 1 is 1.30 bits per heavy atom. The van der Waals surface area contributed by atoms with Gasteiger partial charge in [0, 0.05) is 11.3 Å². The van der Waals surface area contributed by atoms with Crippen LogP contribution in [0.2, 0.25) is 0 Å². The summed E-state index contributed by atoms with van der Waals surface area (Å²) in [6.07, 6.45) is 1.95. The maximum Gasteiger partial charge on any atom is 0.152 e. The summed E-state index contributed by atoms with van der Waals surface area (Å²) < 4.78 is 12.4. The molecule has 2 bridgehead atoms. The highest BCUT2D eigenvalue weighted by Crippen LogP contribution is 2.61. The number of hydrogen-bond acceptors (Lipinski definition) is 2. The minimum atomic E-state index is -1.30. The number of fused-ring (bicyclic) bond motifs is 2. The second-order valence-corrected chi connectivity index (χ2v) is 8.05. The molecule has 0 radical (unpaired) electrons. The van der Waals surface area contributed by atoms with Crippen molar-refractivity contribution in [2.75, 3.05) is 0 Å². The Labute approximate surface area is 122 Å². The fourth-order valence-corrected chi connectivity index (χ4v) is 5.92. The number of Topliss-reactive ketones (excluding diaryl/α,β-unsaturated/α-hetero) is 1. The van der Waals surface area contributed by atoms with Crippen LogP contribution in [0.5, 0.6) is 0 Å². The van der Waals surface area contributed by atoms with Gasteiger partial charge < -0.3 is 0 Å². The number of allylic oxidation sites excluding steroid dienone is 1. The lowest BCUT2D eigenvalue weighted by Gasteiger charge is -2.42. The van der Waals surface area contributed by atoms with Crippen LogP contribution in [0.25, 0.3) is 0 Å². The van der Waals surface area contributed by atoms with E-state index in [1.807, 2.05) is 30.3 Å². The van der Waals surface area contributed by atoms with E-state index in [4.69, 9.17) is 0 Å². The van der Waals surface area contributed by atoms with E-state index in [1.54, 1.807) is 0 Å². The van der Waals surface area contributed by atoms with Crippen molar-refractivity contribution in [3.8, 4) is 0 Å². The highest BCUT2D eigenvalue weighted by atomic mass is 32.2. The molecule has 106 valence electrons. The Bertz CT molecular complexity index is 607. The van der Waals surface area contributed by atoms with Crippen LogP contribution < -0.4 is 0 Å². The van der Waals surface area contributed by atoms with Crippen molar-refractivity contribution < 1.29 is 9.00 Å². The van der Waals surface area contributed by atoms with Crippen LogP contribution in [0.15, 0.2) is 47.4 Å². The third kappa shape index (κ3) is 1.56. The van der Waals surface area contributed by atoms with E-state index >= 15 is 0 Å². The topological polar surface area (TPSA) is 34.1 Å². The Morgan fingerprint density at radius 2 is 1.95 bits per heavy atom. The molecule has 0 heterocycles. The average molecular weight is 288 g/mol. The van der Waals surface area contributed by atoms with Gasteiger partial charge in [-0.05, 0) is 36.3 Å². The second-order valence-electron chi connectivity index (χ2n) is 6.31. The largest absolute Gasteiger partial charge is 0.298 e. The third-order valence-electron chi connectivity index (χ3n) is 5.57. The van der Waals surface area contributed by atoms with Gasteiger partial charge in [0.1, 0.15) is 4.75 Å². The van der Waals surface area contributed by atoms with Gasteiger partial charge in [-0.1, -0.05) is 44.2 Å². The molecule has 1 unspecified atom stereocenters. The summed E-state index contributed by atoms with van der Waals surface area (Å²) >= 11 is 0. The normalized spacial score (nSPS) is 38.0. The van der Waals surface area contributed by atoms with Gasteiger partial charge in [0.25, 0.3) is 0 Å². The molecule has 1 aromatic rings. The molecule has 0 spiro atoms. The molecule has 0 aromatic heterocycles. The molecule has 2 aliphatic rings. The maximum atomic E-state index is 13.1. The first-order valence-corrected chi connectivity index (χ1v) is 8.26. The smallest absolute Gasteiger partial charge is 0.152 e. The van der Waals surface area contributed by atoms with Gasteiger partial charge in [0.2, 0.25) is 0 Å². The van der Waals surface area contributed by atoms with E-state index in [2.05, 4.69) is 20.4 Å². The van der Waals surface area contributed by atoms with E-state index in [1.165, 1.54) is 0 Å². The van der Waals surface area contributed by atoms with Crippen LogP contribution in [0.1, 0.15) is 33.1 Å². The third-order valence-corrected chi connectivity index (χ3v) is 7.66. The summed E-state index contributed by atoms with van der Waals surface area (Å²) in [5.74, 6) is 0.244. The monoisotopic (exact) mass is 288 g/mol. The lowest BCUT2D eigenvalue weighted by atomic mass is 9.67. The summed E-state index contributed by atoms with van der Waals surface area (Å²) in [4.78, 5) is 13.4. The van der Waals surface area contributed by atoms with E-state index in [0.717, 1.165) is 16.9 Å². The van der Waals surface area contributed by atoms with Gasteiger partial charge in [0.15, 0.2) is 5.78 Å². The molecule has 3 heteroatoms. The quantitative estimate of drug-likeness (QED) is 0.781. The molecule has 2 fully saturated rings.